The first-order valence-corrected chi connectivity index (χ1v) is 6.50. The smallest absolute Gasteiger partial charge is 0.227 e. The van der Waals surface area contributed by atoms with E-state index in [-0.39, 0.29) is 11.7 Å². The lowest BCUT2D eigenvalue weighted by molar-refractivity contribution is -0.118. The fraction of sp³-hybridized carbons (Fsp3) is 0.467. The van der Waals surface area contributed by atoms with Crippen molar-refractivity contribution in [3.05, 3.63) is 29.3 Å². The van der Waals surface area contributed by atoms with E-state index in [2.05, 4.69) is 5.32 Å². The van der Waals surface area contributed by atoms with Gasteiger partial charge in [0.25, 0.3) is 0 Å². The van der Waals surface area contributed by atoms with Crippen molar-refractivity contribution in [2.24, 2.45) is 0 Å². The van der Waals surface area contributed by atoms with Crippen LogP contribution in [0.4, 0.5) is 5.69 Å². The number of hydrogen-bond acceptors (Lipinski definition) is 3. The maximum absolute atomic E-state index is 12.4. The van der Waals surface area contributed by atoms with Crippen LogP contribution in [-0.4, -0.2) is 31.3 Å². The molecule has 2 rings (SSSR count). The Balaban J connectivity index is 2.38. The molecule has 1 amide bonds. The van der Waals surface area contributed by atoms with Crippen molar-refractivity contribution in [2.75, 3.05) is 19.0 Å². The summed E-state index contributed by atoms with van der Waals surface area (Å²) in [4.78, 5) is 25.7. The Labute approximate surface area is 113 Å². The molecule has 0 atom stereocenters. The van der Waals surface area contributed by atoms with E-state index in [1.165, 1.54) is 0 Å². The third kappa shape index (κ3) is 2.40. The Hall–Kier alpha value is -1.68. The van der Waals surface area contributed by atoms with Crippen molar-refractivity contribution in [3.8, 4) is 0 Å². The Morgan fingerprint density at radius 3 is 2.63 bits per heavy atom. The quantitative estimate of drug-likeness (QED) is 0.843. The number of fused-ring (bicyclic) bond motifs is 1. The average molecular weight is 260 g/mol. The molecule has 4 heteroatoms. The maximum Gasteiger partial charge on any atom is 0.227 e. The summed E-state index contributed by atoms with van der Waals surface area (Å²) in [7, 11) is 3.56. The van der Waals surface area contributed by atoms with E-state index in [1.807, 2.05) is 26.0 Å². The van der Waals surface area contributed by atoms with Crippen molar-refractivity contribution in [1.29, 1.82) is 0 Å². The molecule has 0 spiro atoms. The van der Waals surface area contributed by atoms with E-state index in [0.29, 0.717) is 18.4 Å². The zero-order valence-electron chi connectivity index (χ0n) is 11.9. The number of nitrogens with one attached hydrogen (secondary N) is 1. The topological polar surface area (TPSA) is 49.4 Å². The predicted molar refractivity (Wildman–Crippen MR) is 75.6 cm³/mol. The van der Waals surface area contributed by atoms with E-state index in [4.69, 9.17) is 0 Å². The number of anilines is 1. The van der Waals surface area contributed by atoms with Crippen LogP contribution in [0.1, 0.15) is 36.2 Å². The molecule has 19 heavy (non-hydrogen) atoms. The standard InChI is InChI=1S/C15H20N2O2/c1-15(2,16-3)14(19)11-5-7-12-10(9-11)6-8-13(18)17(12)4/h5,7,9,16H,6,8H2,1-4H3. The van der Waals surface area contributed by atoms with Gasteiger partial charge in [0, 0.05) is 24.7 Å². The number of ketones is 1. The van der Waals surface area contributed by atoms with E-state index < -0.39 is 5.54 Å². The van der Waals surface area contributed by atoms with Crippen LogP contribution >= 0.6 is 0 Å². The number of rotatable bonds is 3. The van der Waals surface area contributed by atoms with Crippen LogP contribution in [0, 0.1) is 0 Å². The lowest BCUT2D eigenvalue weighted by Gasteiger charge is -2.27. The van der Waals surface area contributed by atoms with Crippen molar-refractivity contribution >= 4 is 17.4 Å². The highest BCUT2D eigenvalue weighted by atomic mass is 16.2. The van der Waals surface area contributed by atoms with Gasteiger partial charge >= 0.3 is 0 Å². The van der Waals surface area contributed by atoms with Crippen molar-refractivity contribution < 1.29 is 9.59 Å². The number of Topliss-reactive ketones (excluding diaryl/α,β-unsaturated/α-hetero) is 1. The number of hydrogen-bond donors (Lipinski definition) is 1. The number of carbonyl (C=O) groups is 2. The van der Waals surface area contributed by atoms with E-state index in [9.17, 15) is 9.59 Å². The normalized spacial score (nSPS) is 15.4. The summed E-state index contributed by atoms with van der Waals surface area (Å²) in [6.45, 7) is 3.73. The first-order valence-electron chi connectivity index (χ1n) is 6.50. The van der Waals surface area contributed by atoms with Gasteiger partial charge in [-0.15, -0.1) is 0 Å². The molecule has 0 aromatic heterocycles. The zero-order valence-corrected chi connectivity index (χ0v) is 11.9. The van der Waals surface area contributed by atoms with Gasteiger partial charge in [0.05, 0.1) is 5.54 Å². The maximum atomic E-state index is 12.4. The van der Waals surface area contributed by atoms with E-state index in [1.54, 1.807) is 25.1 Å². The summed E-state index contributed by atoms with van der Waals surface area (Å²) in [6.07, 6.45) is 1.22. The molecule has 0 saturated heterocycles. The fourth-order valence-electron chi connectivity index (χ4n) is 2.27. The molecular weight excluding hydrogens is 240 g/mol. The molecule has 0 bridgehead atoms. The van der Waals surface area contributed by atoms with Gasteiger partial charge in [0.2, 0.25) is 5.91 Å². The molecule has 0 fully saturated rings. The van der Waals surface area contributed by atoms with Crippen LogP contribution in [0.5, 0.6) is 0 Å². The summed E-state index contributed by atoms with van der Waals surface area (Å²) in [6, 6.07) is 5.58. The molecule has 1 N–H and O–H groups in total. The Morgan fingerprint density at radius 1 is 1.32 bits per heavy atom. The van der Waals surface area contributed by atoms with E-state index in [0.717, 1.165) is 11.3 Å². The molecule has 0 aliphatic carbocycles. The molecule has 1 aliphatic rings. The summed E-state index contributed by atoms with van der Waals surface area (Å²) < 4.78 is 0. The average Bonchev–Trinajstić information content (AvgIpc) is 2.41. The summed E-state index contributed by atoms with van der Waals surface area (Å²) >= 11 is 0. The van der Waals surface area contributed by atoms with Crippen LogP contribution < -0.4 is 10.2 Å². The minimum Gasteiger partial charge on any atom is -0.315 e. The van der Waals surface area contributed by atoms with Gasteiger partial charge in [-0.25, -0.2) is 0 Å². The SMILES string of the molecule is CNC(C)(C)C(=O)c1ccc2c(c1)CCC(=O)N2C. The number of benzene rings is 1. The van der Waals surface area contributed by atoms with Gasteiger partial charge in [-0.05, 0) is 51.1 Å². The van der Waals surface area contributed by atoms with Gasteiger partial charge in [-0.2, -0.15) is 0 Å². The van der Waals surface area contributed by atoms with Crippen LogP contribution in [0.25, 0.3) is 0 Å². The molecule has 0 unspecified atom stereocenters. The first-order chi connectivity index (χ1) is 8.86. The molecule has 1 aliphatic heterocycles. The molecule has 1 aromatic rings. The Kier molecular flexibility index (Phi) is 3.45. The lowest BCUT2D eigenvalue weighted by Crippen LogP contribution is -2.44. The molecule has 0 saturated carbocycles. The minimum absolute atomic E-state index is 0.0670. The van der Waals surface area contributed by atoms with Crippen molar-refractivity contribution in [1.82, 2.24) is 5.32 Å². The third-order valence-corrected chi connectivity index (χ3v) is 3.88. The molecule has 1 heterocycles. The van der Waals surface area contributed by atoms with Crippen LogP contribution in [0.15, 0.2) is 18.2 Å². The van der Waals surface area contributed by atoms with Crippen molar-refractivity contribution in [3.63, 3.8) is 0 Å². The minimum atomic E-state index is -0.579. The monoisotopic (exact) mass is 260 g/mol. The number of aryl methyl sites for hydroxylation is 1. The van der Waals surface area contributed by atoms with Gasteiger partial charge in [0.15, 0.2) is 5.78 Å². The molecule has 0 radical (unpaired) electrons. The molecule has 4 nitrogen and oxygen atoms in total. The zero-order chi connectivity index (χ0) is 14.2. The second-order valence-corrected chi connectivity index (χ2v) is 5.50. The Bertz CT molecular complexity index is 535. The highest BCUT2D eigenvalue weighted by molar-refractivity contribution is 6.04. The van der Waals surface area contributed by atoms with Crippen LogP contribution in [0.2, 0.25) is 0 Å². The number of likely N-dealkylation sites (N-methyl/N-ethyl adjacent to an activating group) is 1. The van der Waals surface area contributed by atoms with Gasteiger partial charge in [-0.1, -0.05) is 0 Å². The number of amides is 1. The summed E-state index contributed by atoms with van der Waals surface area (Å²) in [5.41, 5.74) is 2.10. The van der Waals surface area contributed by atoms with Crippen molar-refractivity contribution in [2.45, 2.75) is 32.2 Å². The highest BCUT2D eigenvalue weighted by Gasteiger charge is 2.28. The Morgan fingerprint density at radius 2 is 2.00 bits per heavy atom. The second-order valence-electron chi connectivity index (χ2n) is 5.50. The van der Waals surface area contributed by atoms with E-state index >= 15 is 0 Å². The second kappa shape index (κ2) is 4.78. The van der Waals surface area contributed by atoms with Gasteiger partial charge in [-0.3, -0.25) is 9.59 Å². The van der Waals surface area contributed by atoms with Gasteiger partial charge in [0.1, 0.15) is 0 Å². The number of nitrogens with zero attached hydrogens (tertiary/aromatic N) is 1. The molecular formula is C15H20N2O2. The molecule has 102 valence electrons. The van der Waals surface area contributed by atoms with Crippen LogP contribution in [0.3, 0.4) is 0 Å². The van der Waals surface area contributed by atoms with Crippen LogP contribution in [-0.2, 0) is 11.2 Å². The third-order valence-electron chi connectivity index (χ3n) is 3.88. The summed E-state index contributed by atoms with van der Waals surface area (Å²) in [5.74, 6) is 0.194. The molecule has 1 aromatic carbocycles. The first kappa shape index (κ1) is 13.7. The number of carbonyl (C=O) groups excluding carboxylic acids is 2. The van der Waals surface area contributed by atoms with Gasteiger partial charge < -0.3 is 10.2 Å². The summed E-state index contributed by atoms with van der Waals surface area (Å²) in [5, 5.41) is 3.02. The predicted octanol–water partition coefficient (Wildman–Crippen LogP) is 1.78. The fourth-order valence-corrected chi connectivity index (χ4v) is 2.27. The largest absolute Gasteiger partial charge is 0.315 e. The lowest BCUT2D eigenvalue weighted by atomic mass is 9.90. The highest BCUT2D eigenvalue weighted by Crippen LogP contribution is 2.28.